The minimum Gasteiger partial charge on any atom is -0.497 e. The molecule has 180 valence electrons. The van der Waals surface area contributed by atoms with E-state index in [-0.39, 0.29) is 6.04 Å². The number of nitrogens with zero attached hydrogens (tertiary/aromatic N) is 5. The van der Waals surface area contributed by atoms with Crippen LogP contribution in [0.5, 0.6) is 5.75 Å². The van der Waals surface area contributed by atoms with Crippen molar-refractivity contribution in [3.8, 4) is 11.4 Å². The van der Waals surface area contributed by atoms with Crippen molar-refractivity contribution in [1.82, 2.24) is 19.8 Å². The van der Waals surface area contributed by atoms with Gasteiger partial charge in [-0.3, -0.25) is 4.79 Å². The zero-order valence-corrected chi connectivity index (χ0v) is 19.5. The maximum atomic E-state index is 13.2. The Morgan fingerprint density at radius 1 is 0.972 bits per heavy atom. The summed E-state index contributed by atoms with van der Waals surface area (Å²) in [6, 6.07) is 23.6. The van der Waals surface area contributed by atoms with E-state index in [2.05, 4.69) is 15.2 Å². The number of ether oxygens (including phenoxy) is 2. The molecule has 1 unspecified atom stereocenters. The second-order valence-corrected chi connectivity index (χ2v) is 8.11. The number of rotatable bonds is 7. The van der Waals surface area contributed by atoms with Crippen LogP contribution in [0.15, 0.2) is 96.6 Å². The predicted octanol–water partition coefficient (Wildman–Crippen LogP) is 3.81. The van der Waals surface area contributed by atoms with Gasteiger partial charge in [-0.2, -0.15) is 10.2 Å². The smallest absolute Gasteiger partial charge is 0.338 e. The molecule has 9 nitrogen and oxygen atoms in total. The van der Waals surface area contributed by atoms with Gasteiger partial charge in [-0.05, 0) is 47.5 Å². The highest BCUT2D eigenvalue weighted by Gasteiger charge is 2.33. The average Bonchev–Trinajstić information content (AvgIpc) is 3.63. The molecular formula is C27H23N5O4. The summed E-state index contributed by atoms with van der Waals surface area (Å²) in [4.78, 5) is 29.7. The van der Waals surface area contributed by atoms with E-state index in [1.54, 1.807) is 42.4 Å². The van der Waals surface area contributed by atoms with E-state index in [4.69, 9.17) is 9.47 Å². The largest absolute Gasteiger partial charge is 0.497 e. The summed E-state index contributed by atoms with van der Waals surface area (Å²) >= 11 is 0. The maximum absolute atomic E-state index is 13.2. The number of amides is 1. The van der Waals surface area contributed by atoms with Crippen LogP contribution in [0.3, 0.4) is 0 Å². The summed E-state index contributed by atoms with van der Waals surface area (Å²) in [7, 11) is 1.60. The van der Waals surface area contributed by atoms with Crippen molar-refractivity contribution in [1.29, 1.82) is 0 Å². The molecule has 1 aromatic heterocycles. The molecule has 9 heteroatoms. The van der Waals surface area contributed by atoms with Gasteiger partial charge in [-0.15, -0.1) is 0 Å². The Balaban J connectivity index is 1.30. The van der Waals surface area contributed by atoms with Gasteiger partial charge in [0.25, 0.3) is 5.91 Å². The third kappa shape index (κ3) is 4.85. The van der Waals surface area contributed by atoms with Gasteiger partial charge < -0.3 is 9.47 Å². The average molecular weight is 482 g/mol. The molecule has 1 amide bonds. The Kier molecular flexibility index (Phi) is 6.53. The number of hydrazone groups is 1. The molecule has 5 rings (SSSR count). The van der Waals surface area contributed by atoms with E-state index in [9.17, 15) is 9.59 Å². The van der Waals surface area contributed by atoms with Crippen LogP contribution in [-0.2, 0) is 9.53 Å². The zero-order valence-electron chi connectivity index (χ0n) is 19.5. The van der Waals surface area contributed by atoms with Crippen LogP contribution in [0.1, 0.15) is 33.9 Å². The predicted molar refractivity (Wildman–Crippen MR) is 132 cm³/mol. The van der Waals surface area contributed by atoms with Crippen molar-refractivity contribution in [2.45, 2.75) is 12.5 Å². The topological polar surface area (TPSA) is 98.9 Å². The first-order chi connectivity index (χ1) is 17.6. The van der Waals surface area contributed by atoms with Gasteiger partial charge in [-0.1, -0.05) is 42.5 Å². The van der Waals surface area contributed by atoms with Crippen LogP contribution in [0.25, 0.3) is 5.69 Å². The summed E-state index contributed by atoms with van der Waals surface area (Å²) in [6.07, 6.45) is 3.53. The van der Waals surface area contributed by atoms with Crippen LogP contribution < -0.4 is 4.74 Å². The van der Waals surface area contributed by atoms with Crippen molar-refractivity contribution in [3.63, 3.8) is 0 Å². The monoisotopic (exact) mass is 481 g/mol. The second kappa shape index (κ2) is 10.2. The van der Waals surface area contributed by atoms with E-state index < -0.39 is 18.5 Å². The molecule has 0 bridgehead atoms. The summed E-state index contributed by atoms with van der Waals surface area (Å²) in [5, 5.41) is 10.1. The Morgan fingerprint density at radius 3 is 2.39 bits per heavy atom. The van der Waals surface area contributed by atoms with E-state index in [1.807, 2.05) is 54.6 Å². The highest BCUT2D eigenvalue weighted by Crippen LogP contribution is 2.33. The summed E-state index contributed by atoms with van der Waals surface area (Å²) in [5.41, 5.74) is 3.72. The van der Waals surface area contributed by atoms with Crippen molar-refractivity contribution in [2.75, 3.05) is 13.7 Å². The summed E-state index contributed by atoms with van der Waals surface area (Å²) in [6.45, 7) is -0.429. The molecule has 36 heavy (non-hydrogen) atoms. The molecule has 0 aliphatic carbocycles. The lowest BCUT2D eigenvalue weighted by atomic mass is 9.98. The van der Waals surface area contributed by atoms with Crippen LogP contribution in [0.4, 0.5) is 0 Å². The Bertz CT molecular complexity index is 1370. The van der Waals surface area contributed by atoms with Gasteiger partial charge in [0, 0.05) is 6.42 Å². The Hall–Kier alpha value is -4.79. The first kappa shape index (κ1) is 23.0. The lowest BCUT2D eigenvalue weighted by Gasteiger charge is -2.22. The first-order valence-electron chi connectivity index (χ1n) is 11.3. The Labute approximate surface area is 207 Å². The number of hydrogen-bond donors (Lipinski definition) is 0. The quantitative estimate of drug-likeness (QED) is 0.372. The van der Waals surface area contributed by atoms with Gasteiger partial charge in [0.05, 0.1) is 30.1 Å². The molecule has 4 aromatic rings. The van der Waals surface area contributed by atoms with Crippen molar-refractivity contribution < 1.29 is 19.1 Å². The molecule has 2 heterocycles. The van der Waals surface area contributed by atoms with Crippen molar-refractivity contribution in [2.24, 2.45) is 5.10 Å². The molecule has 1 atom stereocenters. The van der Waals surface area contributed by atoms with Crippen molar-refractivity contribution in [3.05, 3.63) is 108 Å². The second-order valence-electron chi connectivity index (χ2n) is 8.11. The number of hydrogen-bond acceptors (Lipinski definition) is 7. The van der Waals surface area contributed by atoms with Crippen LogP contribution in [0, 0.1) is 0 Å². The minimum absolute atomic E-state index is 0.320. The zero-order chi connectivity index (χ0) is 24.9. The fourth-order valence-corrected chi connectivity index (χ4v) is 4.00. The number of carbonyl (C=O) groups excluding carboxylic acids is 2. The summed E-state index contributed by atoms with van der Waals surface area (Å²) < 4.78 is 12.2. The maximum Gasteiger partial charge on any atom is 0.338 e. The standard InChI is InChI=1S/C27H23N5O4/c1-35-23-13-9-20(10-14-23)25-15-24(19-5-3-2-4-6-19)30-32(25)26(33)16-36-27(34)21-7-11-22(12-8-21)31-18-28-17-29-31/h2-14,17-18,25H,15-16H2,1H3. The highest BCUT2D eigenvalue weighted by atomic mass is 16.5. The molecule has 0 radical (unpaired) electrons. The van der Waals surface area contributed by atoms with Gasteiger partial charge >= 0.3 is 5.97 Å². The normalized spacial score (nSPS) is 14.9. The van der Waals surface area contributed by atoms with Crippen LogP contribution >= 0.6 is 0 Å². The van der Waals surface area contributed by atoms with E-state index >= 15 is 0 Å². The van der Waals surface area contributed by atoms with E-state index in [0.717, 1.165) is 28.3 Å². The van der Waals surface area contributed by atoms with Gasteiger partial charge in [-0.25, -0.2) is 19.5 Å². The molecule has 0 saturated carbocycles. The lowest BCUT2D eigenvalue weighted by Crippen LogP contribution is -2.31. The first-order valence-corrected chi connectivity index (χ1v) is 11.3. The molecule has 1 aliphatic heterocycles. The molecule has 3 aromatic carbocycles. The number of benzene rings is 3. The lowest BCUT2D eigenvalue weighted by molar-refractivity contribution is -0.136. The minimum atomic E-state index is -0.596. The number of methoxy groups -OCH3 is 1. The van der Waals surface area contributed by atoms with E-state index in [1.165, 1.54) is 11.3 Å². The van der Waals surface area contributed by atoms with Crippen LogP contribution in [-0.4, -0.2) is 51.1 Å². The summed E-state index contributed by atoms with van der Waals surface area (Å²) in [5.74, 6) is -0.280. The van der Waals surface area contributed by atoms with Gasteiger partial charge in [0.1, 0.15) is 18.4 Å². The number of carbonyl (C=O) groups is 2. The van der Waals surface area contributed by atoms with Crippen molar-refractivity contribution >= 4 is 17.6 Å². The Morgan fingerprint density at radius 2 is 1.72 bits per heavy atom. The SMILES string of the molecule is COc1ccc(C2CC(c3ccccc3)=NN2C(=O)COC(=O)c2ccc(-n3cncn3)cc2)cc1. The van der Waals surface area contributed by atoms with Crippen LogP contribution in [0.2, 0.25) is 0 Å². The highest BCUT2D eigenvalue weighted by molar-refractivity contribution is 6.03. The number of esters is 1. The molecule has 1 aliphatic rings. The molecule has 0 spiro atoms. The van der Waals surface area contributed by atoms with E-state index in [0.29, 0.717) is 12.0 Å². The number of aromatic nitrogens is 3. The fraction of sp³-hybridized carbons (Fsp3) is 0.148. The molecular weight excluding hydrogens is 458 g/mol. The van der Waals surface area contributed by atoms with Gasteiger partial charge in [0.2, 0.25) is 0 Å². The van der Waals surface area contributed by atoms with Gasteiger partial charge in [0.15, 0.2) is 6.61 Å². The fourth-order valence-electron chi connectivity index (χ4n) is 4.00. The molecule has 0 N–H and O–H groups in total. The molecule has 0 fully saturated rings. The third-order valence-corrected chi connectivity index (χ3v) is 5.89. The third-order valence-electron chi connectivity index (χ3n) is 5.89. The molecule has 0 saturated heterocycles.